The Morgan fingerprint density at radius 3 is 3.00 bits per heavy atom. The summed E-state index contributed by atoms with van der Waals surface area (Å²) in [5.74, 6) is 4.41. The summed E-state index contributed by atoms with van der Waals surface area (Å²) in [6, 6.07) is 4.07. The van der Waals surface area contributed by atoms with Crippen LogP contribution in [0.3, 0.4) is 0 Å². The van der Waals surface area contributed by atoms with E-state index in [1.165, 1.54) is 24.4 Å². The zero-order valence-electron chi connectivity index (χ0n) is 9.74. The number of fused-ring (bicyclic) bond motifs is 1. The number of nitrogens with zero attached hydrogens (tertiary/aromatic N) is 1. The number of esters is 1. The first kappa shape index (κ1) is 12.3. The van der Waals surface area contributed by atoms with Crippen molar-refractivity contribution in [1.29, 1.82) is 0 Å². The van der Waals surface area contributed by atoms with E-state index in [1.54, 1.807) is 6.92 Å². The van der Waals surface area contributed by atoms with Crippen LogP contribution >= 0.6 is 0 Å². The van der Waals surface area contributed by atoms with Crippen LogP contribution in [-0.2, 0) is 4.74 Å². The third-order valence-corrected chi connectivity index (χ3v) is 2.47. The highest BCUT2D eigenvalue weighted by Crippen LogP contribution is 2.26. The molecule has 0 saturated heterocycles. The molecule has 0 fully saturated rings. The molecule has 2 rings (SSSR count). The van der Waals surface area contributed by atoms with Crippen molar-refractivity contribution in [1.82, 2.24) is 4.98 Å². The van der Waals surface area contributed by atoms with Gasteiger partial charge in [0, 0.05) is 11.6 Å². The number of halogens is 1. The SMILES string of the molecule is CCOC(=O)c1cnc2ccc(F)cc2c1NN. The Labute approximate surface area is 103 Å². The second-order valence-electron chi connectivity index (χ2n) is 3.57. The Balaban J connectivity index is 2.65. The Morgan fingerprint density at radius 1 is 1.56 bits per heavy atom. The summed E-state index contributed by atoms with van der Waals surface area (Å²) in [6.45, 7) is 1.94. The van der Waals surface area contributed by atoms with Crippen LogP contribution in [0.2, 0.25) is 0 Å². The van der Waals surface area contributed by atoms with Gasteiger partial charge in [-0.25, -0.2) is 9.18 Å². The largest absolute Gasteiger partial charge is 0.462 e. The van der Waals surface area contributed by atoms with Crippen molar-refractivity contribution < 1.29 is 13.9 Å². The number of nitrogens with one attached hydrogen (secondary N) is 1. The third kappa shape index (κ3) is 2.10. The molecule has 2 aromatic rings. The highest BCUT2D eigenvalue weighted by atomic mass is 19.1. The molecule has 0 atom stereocenters. The lowest BCUT2D eigenvalue weighted by molar-refractivity contribution is 0.0527. The number of aromatic nitrogens is 1. The molecule has 3 N–H and O–H groups in total. The number of hydrogen-bond donors (Lipinski definition) is 2. The quantitative estimate of drug-likeness (QED) is 0.493. The Bertz CT molecular complexity index is 601. The van der Waals surface area contributed by atoms with Crippen molar-refractivity contribution in [3.05, 3.63) is 35.8 Å². The topological polar surface area (TPSA) is 77.2 Å². The summed E-state index contributed by atoms with van der Waals surface area (Å²) in [5, 5.41) is 0.433. The van der Waals surface area contributed by atoms with Crippen molar-refractivity contribution in [2.45, 2.75) is 6.92 Å². The summed E-state index contributed by atoms with van der Waals surface area (Å²) < 4.78 is 18.1. The van der Waals surface area contributed by atoms with E-state index in [1.807, 2.05) is 0 Å². The van der Waals surface area contributed by atoms with E-state index in [-0.39, 0.29) is 12.2 Å². The van der Waals surface area contributed by atoms with E-state index in [2.05, 4.69) is 10.4 Å². The average molecular weight is 249 g/mol. The molecule has 0 amide bonds. The van der Waals surface area contributed by atoms with Gasteiger partial charge in [0.1, 0.15) is 11.4 Å². The van der Waals surface area contributed by atoms with E-state index in [0.29, 0.717) is 16.6 Å². The average Bonchev–Trinajstić information content (AvgIpc) is 2.37. The van der Waals surface area contributed by atoms with E-state index in [9.17, 15) is 9.18 Å². The molecule has 0 unspecified atom stereocenters. The van der Waals surface area contributed by atoms with E-state index >= 15 is 0 Å². The predicted molar refractivity (Wildman–Crippen MR) is 65.5 cm³/mol. The maximum Gasteiger partial charge on any atom is 0.341 e. The maximum atomic E-state index is 13.2. The lowest BCUT2D eigenvalue weighted by Crippen LogP contribution is -2.15. The number of carbonyl (C=O) groups excluding carboxylic acids is 1. The van der Waals surface area contributed by atoms with Gasteiger partial charge >= 0.3 is 5.97 Å². The lowest BCUT2D eigenvalue weighted by Gasteiger charge is -2.10. The molecule has 0 spiro atoms. The molecular formula is C12H12FN3O2. The summed E-state index contributed by atoms with van der Waals surface area (Å²) >= 11 is 0. The highest BCUT2D eigenvalue weighted by molar-refractivity contribution is 6.04. The molecule has 1 aromatic heterocycles. The molecule has 1 aromatic carbocycles. The van der Waals surface area contributed by atoms with Crippen LogP contribution in [0.25, 0.3) is 10.9 Å². The van der Waals surface area contributed by atoms with Gasteiger partial charge in [0.05, 0.1) is 17.8 Å². The van der Waals surface area contributed by atoms with Gasteiger partial charge in [0.15, 0.2) is 0 Å². The fourth-order valence-electron chi connectivity index (χ4n) is 1.68. The molecule has 1 heterocycles. The fraction of sp³-hybridized carbons (Fsp3) is 0.167. The molecule has 0 aliphatic rings. The monoisotopic (exact) mass is 249 g/mol. The van der Waals surface area contributed by atoms with Gasteiger partial charge in [0.2, 0.25) is 0 Å². The van der Waals surface area contributed by atoms with Crippen LogP contribution in [0, 0.1) is 5.82 Å². The van der Waals surface area contributed by atoms with Crippen molar-refractivity contribution in [3.8, 4) is 0 Å². The minimum Gasteiger partial charge on any atom is -0.462 e. The minimum absolute atomic E-state index is 0.178. The maximum absolute atomic E-state index is 13.2. The number of hydrogen-bond acceptors (Lipinski definition) is 5. The van der Waals surface area contributed by atoms with E-state index < -0.39 is 11.8 Å². The van der Waals surface area contributed by atoms with Crippen LogP contribution < -0.4 is 11.3 Å². The number of hydrazine groups is 1. The van der Waals surface area contributed by atoms with Gasteiger partial charge in [-0.15, -0.1) is 0 Å². The van der Waals surface area contributed by atoms with Crippen LogP contribution in [0.5, 0.6) is 0 Å². The molecule has 5 nitrogen and oxygen atoms in total. The number of carbonyl (C=O) groups is 1. The van der Waals surface area contributed by atoms with Gasteiger partial charge in [-0.3, -0.25) is 10.8 Å². The number of pyridine rings is 1. The smallest absolute Gasteiger partial charge is 0.341 e. The number of nitrogen functional groups attached to an aromatic ring is 1. The Kier molecular flexibility index (Phi) is 3.38. The van der Waals surface area contributed by atoms with Gasteiger partial charge in [0.25, 0.3) is 0 Å². The number of ether oxygens (including phenoxy) is 1. The third-order valence-electron chi connectivity index (χ3n) is 2.47. The second kappa shape index (κ2) is 4.97. The minimum atomic E-state index is -0.552. The first-order valence-electron chi connectivity index (χ1n) is 5.39. The molecule has 0 saturated carbocycles. The van der Waals surface area contributed by atoms with Crippen LogP contribution in [0.4, 0.5) is 10.1 Å². The Morgan fingerprint density at radius 2 is 2.33 bits per heavy atom. The summed E-state index contributed by atoms with van der Waals surface area (Å²) in [5.41, 5.74) is 3.42. The Hall–Kier alpha value is -2.21. The molecule has 94 valence electrons. The number of rotatable bonds is 3. The summed E-state index contributed by atoms with van der Waals surface area (Å²) in [7, 11) is 0. The normalized spacial score (nSPS) is 10.4. The second-order valence-corrected chi connectivity index (χ2v) is 3.57. The van der Waals surface area contributed by atoms with Crippen LogP contribution in [0.15, 0.2) is 24.4 Å². The number of nitrogens with two attached hydrogens (primary N) is 1. The van der Waals surface area contributed by atoms with Crippen molar-refractivity contribution in [2.24, 2.45) is 5.84 Å². The fourth-order valence-corrected chi connectivity index (χ4v) is 1.68. The summed E-state index contributed by atoms with van der Waals surface area (Å²) in [4.78, 5) is 15.8. The van der Waals surface area contributed by atoms with Crippen molar-refractivity contribution in [3.63, 3.8) is 0 Å². The zero-order chi connectivity index (χ0) is 13.1. The van der Waals surface area contributed by atoms with E-state index in [4.69, 9.17) is 10.6 Å². The molecule has 0 aliphatic heterocycles. The van der Waals surface area contributed by atoms with Gasteiger partial charge in [-0.2, -0.15) is 0 Å². The summed E-state index contributed by atoms with van der Waals surface area (Å²) in [6.07, 6.45) is 1.35. The molecule has 0 bridgehead atoms. The van der Waals surface area contributed by atoms with Crippen molar-refractivity contribution in [2.75, 3.05) is 12.0 Å². The molecule has 18 heavy (non-hydrogen) atoms. The van der Waals surface area contributed by atoms with Gasteiger partial charge in [-0.05, 0) is 25.1 Å². The van der Waals surface area contributed by atoms with Gasteiger partial charge in [-0.1, -0.05) is 0 Å². The number of anilines is 1. The highest BCUT2D eigenvalue weighted by Gasteiger charge is 2.16. The standard InChI is InChI=1S/C12H12FN3O2/c1-2-18-12(17)9-6-15-10-4-3-7(13)5-8(10)11(9)16-14/h3-6H,2,14H2,1H3,(H,15,16). The van der Waals surface area contributed by atoms with E-state index in [0.717, 1.165) is 0 Å². The van der Waals surface area contributed by atoms with Crippen molar-refractivity contribution >= 4 is 22.6 Å². The zero-order valence-corrected chi connectivity index (χ0v) is 9.74. The molecular weight excluding hydrogens is 237 g/mol. The number of benzene rings is 1. The van der Waals surface area contributed by atoms with Crippen LogP contribution in [0.1, 0.15) is 17.3 Å². The van der Waals surface area contributed by atoms with Gasteiger partial charge < -0.3 is 10.2 Å². The predicted octanol–water partition coefficient (Wildman–Crippen LogP) is 1.84. The molecule has 0 radical (unpaired) electrons. The first-order valence-corrected chi connectivity index (χ1v) is 5.39. The molecule has 0 aliphatic carbocycles. The molecule has 6 heteroatoms. The van der Waals surface area contributed by atoms with Crippen LogP contribution in [-0.4, -0.2) is 17.6 Å². The first-order chi connectivity index (χ1) is 8.67. The lowest BCUT2D eigenvalue weighted by atomic mass is 10.1.